The summed E-state index contributed by atoms with van der Waals surface area (Å²) in [6, 6.07) is 0. The fourth-order valence-corrected chi connectivity index (χ4v) is 0.549. The van der Waals surface area contributed by atoms with Crippen molar-refractivity contribution in [2.24, 2.45) is 10.4 Å². The molecule has 2 heteroatoms. The van der Waals surface area contributed by atoms with E-state index in [0.717, 1.165) is 0 Å². The Bertz CT molecular complexity index is 142. The molecule has 1 atom stereocenters. The number of nitrogens with zero attached hydrogens (tertiary/aromatic N) is 1. The smallest absolute Gasteiger partial charge is 0.0962 e. The van der Waals surface area contributed by atoms with Crippen LogP contribution in [0.15, 0.2) is 4.99 Å². The van der Waals surface area contributed by atoms with Gasteiger partial charge in [0, 0.05) is 5.71 Å². The van der Waals surface area contributed by atoms with E-state index in [-0.39, 0.29) is 11.6 Å². The Balaban J connectivity index is 4.22. The van der Waals surface area contributed by atoms with Crippen LogP contribution < -0.4 is 5.32 Å². The van der Waals surface area contributed by atoms with Crippen molar-refractivity contribution in [1.82, 2.24) is 5.32 Å². The summed E-state index contributed by atoms with van der Waals surface area (Å²) < 4.78 is 0. The number of aliphatic imine (C=N–C) groups is 1. The molecule has 0 heterocycles. The first-order valence-corrected chi connectivity index (χ1v) is 4.10. The van der Waals surface area contributed by atoms with Gasteiger partial charge in [-0.15, -0.1) is 0 Å². The summed E-state index contributed by atoms with van der Waals surface area (Å²) in [5.41, 5.74) is 1.39. The highest BCUT2D eigenvalue weighted by atomic mass is 15.0. The summed E-state index contributed by atoms with van der Waals surface area (Å²) in [6.07, 6.45) is 0.231. The fourth-order valence-electron chi connectivity index (χ4n) is 0.549. The molecule has 0 aliphatic carbocycles. The van der Waals surface area contributed by atoms with Crippen molar-refractivity contribution in [1.29, 1.82) is 0 Å². The van der Waals surface area contributed by atoms with Crippen molar-refractivity contribution in [3.63, 3.8) is 0 Å². The maximum atomic E-state index is 4.47. The topological polar surface area (TPSA) is 24.4 Å². The van der Waals surface area contributed by atoms with E-state index >= 15 is 0 Å². The predicted molar refractivity (Wildman–Crippen MR) is 51.1 cm³/mol. The highest BCUT2D eigenvalue weighted by Crippen LogP contribution is 2.15. The Morgan fingerprint density at radius 2 is 1.82 bits per heavy atom. The Labute approximate surface area is 70.1 Å². The third-order valence-corrected chi connectivity index (χ3v) is 1.89. The molecule has 0 saturated heterocycles. The van der Waals surface area contributed by atoms with Crippen molar-refractivity contribution in [2.75, 3.05) is 7.05 Å². The quantitative estimate of drug-likeness (QED) is 0.608. The maximum absolute atomic E-state index is 4.47. The van der Waals surface area contributed by atoms with Crippen molar-refractivity contribution in [3.05, 3.63) is 0 Å². The molecule has 0 rings (SSSR count). The van der Waals surface area contributed by atoms with E-state index in [2.05, 4.69) is 44.9 Å². The monoisotopic (exact) mass is 156 g/mol. The molecule has 0 aliphatic heterocycles. The van der Waals surface area contributed by atoms with Crippen LogP contribution in [0.4, 0.5) is 0 Å². The van der Waals surface area contributed by atoms with Crippen LogP contribution in [0.5, 0.6) is 0 Å². The summed E-state index contributed by atoms with van der Waals surface area (Å²) in [5, 5.41) is 3.08. The van der Waals surface area contributed by atoms with Crippen molar-refractivity contribution in [2.45, 2.75) is 40.8 Å². The van der Waals surface area contributed by atoms with E-state index in [9.17, 15) is 0 Å². The van der Waals surface area contributed by atoms with Crippen LogP contribution in [-0.2, 0) is 0 Å². The maximum Gasteiger partial charge on any atom is 0.0962 e. The van der Waals surface area contributed by atoms with E-state index in [0.29, 0.717) is 0 Å². The van der Waals surface area contributed by atoms with Gasteiger partial charge in [0.15, 0.2) is 0 Å². The number of rotatable bonds is 2. The largest absolute Gasteiger partial charge is 0.299 e. The Kier molecular flexibility index (Phi) is 3.73. The minimum atomic E-state index is 0.200. The van der Waals surface area contributed by atoms with Crippen LogP contribution in [-0.4, -0.2) is 18.9 Å². The van der Waals surface area contributed by atoms with Gasteiger partial charge >= 0.3 is 0 Å². The summed E-state index contributed by atoms with van der Waals surface area (Å²) in [5.74, 6) is 0. The summed E-state index contributed by atoms with van der Waals surface area (Å²) >= 11 is 0. The zero-order valence-electron chi connectivity index (χ0n) is 8.52. The molecule has 0 aromatic carbocycles. The molecule has 11 heavy (non-hydrogen) atoms. The van der Waals surface area contributed by atoms with Gasteiger partial charge < -0.3 is 0 Å². The van der Waals surface area contributed by atoms with Gasteiger partial charge in [0.1, 0.15) is 0 Å². The molecule has 66 valence electrons. The number of nitrogens with one attached hydrogen (secondary N) is 1. The molecule has 0 amide bonds. The first-order chi connectivity index (χ1) is 4.88. The lowest BCUT2D eigenvalue weighted by atomic mass is 9.91. The molecule has 0 aromatic rings. The lowest BCUT2D eigenvalue weighted by molar-refractivity contribution is 0.564. The van der Waals surface area contributed by atoms with Crippen LogP contribution in [0.1, 0.15) is 34.6 Å². The molecule has 0 bridgehead atoms. The highest BCUT2D eigenvalue weighted by molar-refractivity contribution is 5.86. The van der Waals surface area contributed by atoms with Crippen LogP contribution in [0.2, 0.25) is 0 Å². The van der Waals surface area contributed by atoms with Crippen LogP contribution in [0, 0.1) is 5.41 Å². The van der Waals surface area contributed by atoms with Gasteiger partial charge in [-0.05, 0) is 26.3 Å². The van der Waals surface area contributed by atoms with Crippen molar-refractivity contribution >= 4 is 5.71 Å². The lowest BCUT2D eigenvalue weighted by Gasteiger charge is -2.19. The average Bonchev–Trinajstić information content (AvgIpc) is 1.85. The molecule has 0 fully saturated rings. The number of hydrogen-bond donors (Lipinski definition) is 1. The molecule has 2 nitrogen and oxygen atoms in total. The second-order valence-electron chi connectivity index (χ2n) is 3.93. The normalized spacial score (nSPS) is 16.7. The van der Waals surface area contributed by atoms with E-state index in [1.54, 1.807) is 0 Å². The van der Waals surface area contributed by atoms with Gasteiger partial charge in [-0.3, -0.25) is 10.3 Å². The van der Waals surface area contributed by atoms with E-state index < -0.39 is 0 Å². The lowest BCUT2D eigenvalue weighted by Crippen LogP contribution is -2.24. The second-order valence-corrected chi connectivity index (χ2v) is 3.93. The minimum Gasteiger partial charge on any atom is -0.299 e. The first-order valence-electron chi connectivity index (χ1n) is 4.10. The van der Waals surface area contributed by atoms with Crippen molar-refractivity contribution in [3.8, 4) is 0 Å². The van der Waals surface area contributed by atoms with Gasteiger partial charge in [0.2, 0.25) is 0 Å². The SMILES string of the molecule is CNC(C)/N=C(\C)C(C)(C)C. The molecule has 1 N–H and O–H groups in total. The van der Waals surface area contributed by atoms with Gasteiger partial charge in [0.25, 0.3) is 0 Å². The molecule has 0 spiro atoms. The molecule has 0 aliphatic rings. The third-order valence-electron chi connectivity index (χ3n) is 1.89. The van der Waals surface area contributed by atoms with E-state index in [4.69, 9.17) is 0 Å². The van der Waals surface area contributed by atoms with Gasteiger partial charge in [0.05, 0.1) is 6.17 Å². The standard InChI is InChI=1S/C9H20N2/c1-7(9(3,4)5)11-8(2)10-6/h8,10H,1-6H3/b11-7+. The second kappa shape index (κ2) is 3.86. The molecule has 0 radical (unpaired) electrons. The Hall–Kier alpha value is -0.370. The zero-order valence-corrected chi connectivity index (χ0v) is 8.52. The summed E-state index contributed by atoms with van der Waals surface area (Å²) in [7, 11) is 1.92. The average molecular weight is 156 g/mol. The van der Waals surface area contributed by atoms with Crippen LogP contribution >= 0.6 is 0 Å². The third kappa shape index (κ3) is 4.14. The zero-order chi connectivity index (χ0) is 9.07. The first kappa shape index (κ1) is 10.6. The highest BCUT2D eigenvalue weighted by Gasteiger charge is 2.14. The van der Waals surface area contributed by atoms with Crippen molar-refractivity contribution < 1.29 is 0 Å². The van der Waals surface area contributed by atoms with E-state index in [1.807, 2.05) is 7.05 Å². The van der Waals surface area contributed by atoms with Crippen LogP contribution in [0.3, 0.4) is 0 Å². The number of hydrogen-bond acceptors (Lipinski definition) is 2. The molecule has 0 saturated carbocycles. The Morgan fingerprint density at radius 3 is 2.09 bits per heavy atom. The molecular weight excluding hydrogens is 136 g/mol. The van der Waals surface area contributed by atoms with Gasteiger partial charge in [-0.1, -0.05) is 20.8 Å². The molecule has 1 unspecified atom stereocenters. The Morgan fingerprint density at radius 1 is 1.36 bits per heavy atom. The summed E-state index contributed by atoms with van der Waals surface area (Å²) in [4.78, 5) is 4.47. The van der Waals surface area contributed by atoms with Gasteiger partial charge in [-0.2, -0.15) is 0 Å². The van der Waals surface area contributed by atoms with E-state index in [1.165, 1.54) is 5.71 Å². The summed E-state index contributed by atoms with van der Waals surface area (Å²) in [6.45, 7) is 10.7. The molecule has 0 aromatic heterocycles. The van der Waals surface area contributed by atoms with Gasteiger partial charge in [-0.25, -0.2) is 0 Å². The minimum absolute atomic E-state index is 0.200. The van der Waals surface area contributed by atoms with Crippen LogP contribution in [0.25, 0.3) is 0 Å². The molecular formula is C9H20N2. The predicted octanol–water partition coefficient (Wildman–Crippen LogP) is 2.06. The fraction of sp³-hybridized carbons (Fsp3) is 0.889.